The van der Waals surface area contributed by atoms with Crippen LogP contribution in [-0.4, -0.2) is 35.0 Å². The first kappa shape index (κ1) is 23.2. The maximum Gasteiger partial charge on any atom is 0.246 e. The van der Waals surface area contributed by atoms with Crippen LogP contribution in [-0.2, 0) is 10.0 Å². The molecule has 0 atom stereocenters. The minimum Gasteiger partial charge on any atom is -0.435 e. The molecule has 3 aromatic rings. The lowest BCUT2D eigenvalue weighted by Gasteiger charge is -2.14. The number of alkyl halides is 2. The molecule has 0 amide bonds. The summed E-state index contributed by atoms with van der Waals surface area (Å²) in [7, 11) is -4.34. The Kier molecular flexibility index (Phi) is 6.48. The SMILES string of the molecule is CC(F)(F)CCS(=O)(=O)Nc1ccc(Oc2ncccc2-c2ccnc(N)n2)c(F)c1F. The van der Waals surface area contributed by atoms with Crippen molar-refractivity contribution in [2.45, 2.75) is 19.3 Å². The van der Waals surface area contributed by atoms with Gasteiger partial charge in [-0.15, -0.1) is 0 Å². The quantitative estimate of drug-likeness (QED) is 0.477. The molecule has 8 nitrogen and oxygen atoms in total. The number of aromatic nitrogens is 3. The van der Waals surface area contributed by atoms with Crippen LogP contribution in [0.1, 0.15) is 13.3 Å². The van der Waals surface area contributed by atoms with E-state index in [4.69, 9.17) is 10.5 Å². The zero-order chi connectivity index (χ0) is 23.5. The zero-order valence-corrected chi connectivity index (χ0v) is 17.3. The highest BCUT2D eigenvalue weighted by Crippen LogP contribution is 2.34. The van der Waals surface area contributed by atoms with Crippen molar-refractivity contribution < 1.29 is 30.7 Å². The lowest BCUT2D eigenvalue weighted by molar-refractivity contribution is 0.0189. The second-order valence-corrected chi connectivity index (χ2v) is 8.58. The van der Waals surface area contributed by atoms with Gasteiger partial charge in [0.1, 0.15) is 0 Å². The number of nitrogens with zero attached hydrogens (tertiary/aromatic N) is 3. The first-order chi connectivity index (χ1) is 15.0. The molecule has 170 valence electrons. The molecule has 0 aliphatic heterocycles. The summed E-state index contributed by atoms with van der Waals surface area (Å²) in [4.78, 5) is 11.8. The second kappa shape index (κ2) is 8.94. The average Bonchev–Trinajstić information content (AvgIpc) is 2.72. The smallest absolute Gasteiger partial charge is 0.246 e. The van der Waals surface area contributed by atoms with Gasteiger partial charge >= 0.3 is 0 Å². The van der Waals surface area contributed by atoms with Crippen LogP contribution in [0.25, 0.3) is 11.3 Å². The van der Waals surface area contributed by atoms with Crippen molar-refractivity contribution in [3.05, 3.63) is 54.4 Å². The van der Waals surface area contributed by atoms with Crippen molar-refractivity contribution in [2.75, 3.05) is 16.2 Å². The highest BCUT2D eigenvalue weighted by Gasteiger charge is 2.26. The minimum absolute atomic E-state index is 0.0213. The van der Waals surface area contributed by atoms with E-state index < -0.39 is 51.2 Å². The van der Waals surface area contributed by atoms with E-state index in [1.54, 1.807) is 16.9 Å². The van der Waals surface area contributed by atoms with Crippen LogP contribution in [0.4, 0.5) is 29.2 Å². The third-order valence-corrected chi connectivity index (χ3v) is 5.32. The van der Waals surface area contributed by atoms with Crippen LogP contribution in [0.2, 0.25) is 0 Å². The standard InChI is InChI=1S/C19H17F4N5O3S/c1-19(22,23)7-10-32(29,30)28-13-4-5-14(16(21)15(13)20)31-17-11(3-2-8-25-17)12-6-9-26-18(24)27-12/h2-6,8-9,28H,7,10H2,1H3,(H2,24,26,27). The van der Waals surface area contributed by atoms with Crippen molar-refractivity contribution in [1.82, 2.24) is 15.0 Å². The van der Waals surface area contributed by atoms with E-state index >= 15 is 0 Å². The van der Waals surface area contributed by atoms with Crippen molar-refractivity contribution in [2.24, 2.45) is 0 Å². The Morgan fingerprint density at radius 1 is 1.09 bits per heavy atom. The van der Waals surface area contributed by atoms with Gasteiger partial charge in [-0.3, -0.25) is 4.72 Å². The number of hydrogen-bond donors (Lipinski definition) is 2. The predicted octanol–water partition coefficient (Wildman–Crippen LogP) is 3.98. The minimum atomic E-state index is -4.34. The summed E-state index contributed by atoms with van der Waals surface area (Å²) in [5, 5.41) is 0. The number of hydrogen-bond acceptors (Lipinski definition) is 7. The second-order valence-electron chi connectivity index (χ2n) is 6.74. The predicted molar refractivity (Wildman–Crippen MR) is 109 cm³/mol. The summed E-state index contributed by atoms with van der Waals surface area (Å²) in [5.41, 5.74) is 5.44. The van der Waals surface area contributed by atoms with Gasteiger partial charge in [0.05, 0.1) is 22.7 Å². The number of nitrogen functional groups attached to an aromatic ring is 1. The van der Waals surface area contributed by atoms with Crippen LogP contribution >= 0.6 is 0 Å². The highest BCUT2D eigenvalue weighted by atomic mass is 32.2. The molecule has 13 heteroatoms. The van der Waals surface area contributed by atoms with Crippen LogP contribution in [0.15, 0.2) is 42.7 Å². The van der Waals surface area contributed by atoms with Crippen molar-refractivity contribution in [3.8, 4) is 22.9 Å². The number of nitrogens with one attached hydrogen (secondary N) is 1. The summed E-state index contributed by atoms with van der Waals surface area (Å²) in [5.74, 6) is -8.02. The largest absolute Gasteiger partial charge is 0.435 e. The zero-order valence-electron chi connectivity index (χ0n) is 16.5. The molecule has 0 aliphatic rings. The summed E-state index contributed by atoms with van der Waals surface area (Å²) >= 11 is 0. The molecule has 0 saturated heterocycles. The molecule has 3 N–H and O–H groups in total. The Morgan fingerprint density at radius 3 is 2.53 bits per heavy atom. The van der Waals surface area contributed by atoms with Gasteiger partial charge < -0.3 is 10.5 Å². The van der Waals surface area contributed by atoms with Gasteiger partial charge in [-0.25, -0.2) is 36.5 Å². The molecule has 0 aliphatic carbocycles. The number of sulfonamides is 1. The van der Waals surface area contributed by atoms with E-state index in [2.05, 4.69) is 15.0 Å². The molecule has 0 bridgehead atoms. The summed E-state index contributed by atoms with van der Waals surface area (Å²) < 4.78 is 85.8. The number of anilines is 2. The molecule has 2 aromatic heterocycles. The summed E-state index contributed by atoms with van der Waals surface area (Å²) in [6.45, 7) is 0.552. The van der Waals surface area contributed by atoms with Crippen LogP contribution < -0.4 is 15.2 Å². The highest BCUT2D eigenvalue weighted by molar-refractivity contribution is 7.92. The molecule has 0 saturated carbocycles. The van der Waals surface area contributed by atoms with E-state index in [9.17, 15) is 26.0 Å². The van der Waals surface area contributed by atoms with Crippen LogP contribution in [0, 0.1) is 11.6 Å². The van der Waals surface area contributed by atoms with Gasteiger partial charge in [0, 0.05) is 18.8 Å². The van der Waals surface area contributed by atoms with Gasteiger partial charge in [0.25, 0.3) is 0 Å². The maximum atomic E-state index is 14.6. The van der Waals surface area contributed by atoms with Gasteiger partial charge in [0.2, 0.25) is 33.6 Å². The monoisotopic (exact) mass is 471 g/mol. The summed E-state index contributed by atoms with van der Waals surface area (Å²) in [6, 6.07) is 6.51. The lowest BCUT2D eigenvalue weighted by atomic mass is 10.2. The number of pyridine rings is 1. The molecule has 0 unspecified atom stereocenters. The molecule has 2 heterocycles. The molecule has 0 spiro atoms. The average molecular weight is 471 g/mol. The van der Waals surface area contributed by atoms with E-state index in [1.807, 2.05) is 0 Å². The van der Waals surface area contributed by atoms with E-state index in [0.717, 1.165) is 12.1 Å². The lowest BCUT2D eigenvalue weighted by Crippen LogP contribution is -2.23. The first-order valence-electron chi connectivity index (χ1n) is 9.03. The third kappa shape index (κ3) is 5.81. The van der Waals surface area contributed by atoms with Crippen molar-refractivity contribution >= 4 is 21.7 Å². The normalized spacial score (nSPS) is 11.9. The Labute approximate surface area is 180 Å². The number of halogens is 4. The van der Waals surface area contributed by atoms with Gasteiger partial charge in [-0.1, -0.05) is 0 Å². The van der Waals surface area contributed by atoms with Crippen molar-refractivity contribution in [1.29, 1.82) is 0 Å². The summed E-state index contributed by atoms with van der Waals surface area (Å²) in [6.07, 6.45) is 1.76. The van der Waals surface area contributed by atoms with E-state index in [-0.39, 0.29) is 11.8 Å². The number of ether oxygens (including phenoxy) is 1. The topological polar surface area (TPSA) is 120 Å². The molecule has 0 radical (unpaired) electrons. The fraction of sp³-hybridized carbons (Fsp3) is 0.211. The fourth-order valence-electron chi connectivity index (χ4n) is 2.52. The fourth-order valence-corrected chi connectivity index (χ4v) is 3.74. The van der Waals surface area contributed by atoms with E-state index in [0.29, 0.717) is 18.2 Å². The molecule has 0 fully saturated rings. The Bertz CT molecular complexity index is 1240. The molecular weight excluding hydrogens is 454 g/mol. The van der Waals surface area contributed by atoms with E-state index in [1.165, 1.54) is 18.5 Å². The van der Waals surface area contributed by atoms with Crippen LogP contribution in [0.3, 0.4) is 0 Å². The molecular formula is C19H17F4N5O3S. The molecule has 32 heavy (non-hydrogen) atoms. The van der Waals surface area contributed by atoms with Gasteiger partial charge in [0.15, 0.2) is 11.6 Å². The first-order valence-corrected chi connectivity index (χ1v) is 10.7. The molecule has 1 aromatic carbocycles. The van der Waals surface area contributed by atoms with Crippen molar-refractivity contribution in [3.63, 3.8) is 0 Å². The third-order valence-electron chi connectivity index (χ3n) is 4.05. The van der Waals surface area contributed by atoms with Gasteiger partial charge in [-0.05, 0) is 37.3 Å². The maximum absolute atomic E-state index is 14.6. The number of rotatable bonds is 8. The van der Waals surface area contributed by atoms with Crippen LogP contribution in [0.5, 0.6) is 11.6 Å². The Balaban J connectivity index is 1.86. The number of benzene rings is 1. The Hall–Kier alpha value is -3.48. The number of nitrogens with two attached hydrogens (primary N) is 1. The van der Waals surface area contributed by atoms with Gasteiger partial charge in [-0.2, -0.15) is 4.39 Å². The Morgan fingerprint density at radius 2 is 1.84 bits per heavy atom. The molecule has 3 rings (SSSR count).